The molecular weight excluding hydrogens is 449 g/mol. The number of sulfonamides is 1. The number of halogens is 1. The molecule has 1 N–H and O–H groups in total. The molecule has 4 rings (SSSR count). The van der Waals surface area contributed by atoms with Crippen LogP contribution in [0.4, 0.5) is 4.39 Å². The van der Waals surface area contributed by atoms with Crippen LogP contribution in [0, 0.1) is 5.41 Å². The third kappa shape index (κ3) is 5.00. The average Bonchev–Trinajstić information content (AvgIpc) is 3.22. The molecule has 1 aliphatic rings. The van der Waals surface area contributed by atoms with Crippen LogP contribution in [0.3, 0.4) is 0 Å². The molecule has 2 aromatic carbocycles. The van der Waals surface area contributed by atoms with Crippen LogP contribution in [0.15, 0.2) is 72.7 Å². The van der Waals surface area contributed by atoms with Crippen molar-refractivity contribution >= 4 is 26.6 Å². The van der Waals surface area contributed by atoms with Crippen LogP contribution in [0.2, 0.25) is 0 Å². The highest BCUT2D eigenvalue weighted by Gasteiger charge is 2.34. The SMILES string of the molecule is CC(C)S(=O)(=O)NCC(C)(C)[C@@H](c1ccccc1)c1ccc2c(cnn2C2=CC=C(F)CC2)c1. The van der Waals surface area contributed by atoms with Crippen molar-refractivity contribution in [3.63, 3.8) is 0 Å². The smallest absolute Gasteiger partial charge is 0.213 e. The minimum absolute atomic E-state index is 0.0396. The summed E-state index contributed by atoms with van der Waals surface area (Å²) >= 11 is 0. The second-order valence-electron chi connectivity index (χ2n) is 9.89. The maximum atomic E-state index is 13.5. The zero-order valence-corrected chi connectivity index (χ0v) is 20.9. The van der Waals surface area contributed by atoms with Crippen molar-refractivity contribution < 1.29 is 12.8 Å². The van der Waals surface area contributed by atoms with E-state index in [0.717, 1.165) is 27.7 Å². The lowest BCUT2D eigenvalue weighted by Crippen LogP contribution is -2.40. The van der Waals surface area contributed by atoms with Gasteiger partial charge in [0.05, 0.1) is 17.0 Å². The molecule has 0 unspecified atom stereocenters. The largest absolute Gasteiger partial charge is 0.237 e. The molecule has 1 atom stereocenters. The predicted octanol–water partition coefficient (Wildman–Crippen LogP) is 6.01. The number of hydrogen-bond donors (Lipinski definition) is 1. The van der Waals surface area contributed by atoms with Gasteiger partial charge < -0.3 is 0 Å². The second kappa shape index (κ2) is 9.47. The van der Waals surface area contributed by atoms with Crippen LogP contribution in [-0.2, 0) is 10.0 Å². The molecule has 3 aromatic rings. The number of nitrogens with zero attached hydrogens (tertiary/aromatic N) is 2. The van der Waals surface area contributed by atoms with Crippen molar-refractivity contribution in [3.8, 4) is 0 Å². The Kier molecular flexibility index (Phi) is 6.78. The van der Waals surface area contributed by atoms with Gasteiger partial charge in [-0.1, -0.05) is 50.2 Å². The van der Waals surface area contributed by atoms with E-state index in [-0.39, 0.29) is 11.7 Å². The molecule has 0 saturated heterocycles. The Morgan fingerprint density at radius 2 is 1.79 bits per heavy atom. The lowest BCUT2D eigenvalue weighted by atomic mass is 9.71. The minimum atomic E-state index is -3.38. The van der Waals surface area contributed by atoms with Crippen molar-refractivity contribution in [2.75, 3.05) is 6.54 Å². The quantitative estimate of drug-likeness (QED) is 0.428. The molecule has 1 heterocycles. The Morgan fingerprint density at radius 3 is 2.44 bits per heavy atom. The highest BCUT2D eigenvalue weighted by Crippen LogP contribution is 2.41. The van der Waals surface area contributed by atoms with Gasteiger partial charge in [-0.25, -0.2) is 22.2 Å². The van der Waals surface area contributed by atoms with E-state index in [0.29, 0.717) is 19.4 Å². The molecule has 0 radical (unpaired) electrons. The summed E-state index contributed by atoms with van der Waals surface area (Å²) in [4.78, 5) is 0. The van der Waals surface area contributed by atoms with Crippen LogP contribution in [-0.4, -0.2) is 30.0 Å². The second-order valence-corrected chi connectivity index (χ2v) is 12.2. The highest BCUT2D eigenvalue weighted by atomic mass is 32.2. The van der Waals surface area contributed by atoms with E-state index in [1.54, 1.807) is 19.9 Å². The fourth-order valence-electron chi connectivity index (χ4n) is 4.53. The molecule has 7 heteroatoms. The first-order valence-electron chi connectivity index (χ1n) is 11.7. The summed E-state index contributed by atoms with van der Waals surface area (Å²) in [5, 5.41) is 5.08. The van der Waals surface area contributed by atoms with E-state index in [1.165, 1.54) is 6.08 Å². The Bertz CT molecular complexity index is 1340. The molecule has 0 fully saturated rings. The summed E-state index contributed by atoms with van der Waals surface area (Å²) in [5.41, 5.74) is 3.75. The number of nitrogens with one attached hydrogen (secondary N) is 1. The van der Waals surface area contributed by atoms with Gasteiger partial charge >= 0.3 is 0 Å². The molecule has 34 heavy (non-hydrogen) atoms. The summed E-state index contributed by atoms with van der Waals surface area (Å²) in [6.45, 7) is 7.86. The summed E-state index contributed by atoms with van der Waals surface area (Å²) < 4.78 is 43.1. The Morgan fingerprint density at radius 1 is 1.06 bits per heavy atom. The maximum Gasteiger partial charge on any atom is 0.213 e. The summed E-state index contributed by atoms with van der Waals surface area (Å²) in [6.07, 6.45) is 6.13. The molecule has 0 spiro atoms. The van der Waals surface area contributed by atoms with Gasteiger partial charge in [0.2, 0.25) is 10.0 Å². The van der Waals surface area contributed by atoms with Gasteiger partial charge in [0.1, 0.15) is 5.83 Å². The van der Waals surface area contributed by atoms with E-state index >= 15 is 0 Å². The van der Waals surface area contributed by atoms with Crippen LogP contribution in [0.1, 0.15) is 57.6 Å². The molecule has 0 bridgehead atoms. The Hall–Kier alpha value is -2.77. The molecular formula is C27H32FN3O2S. The average molecular weight is 482 g/mol. The van der Waals surface area contributed by atoms with Gasteiger partial charge in [0.25, 0.3) is 0 Å². The Labute approximate surface area is 201 Å². The van der Waals surface area contributed by atoms with Gasteiger partial charge in [-0.2, -0.15) is 5.10 Å². The first-order valence-corrected chi connectivity index (χ1v) is 13.2. The number of allylic oxidation sites excluding steroid dienone is 4. The molecule has 0 amide bonds. The third-order valence-corrected chi connectivity index (χ3v) is 8.33. The monoisotopic (exact) mass is 481 g/mol. The summed E-state index contributed by atoms with van der Waals surface area (Å²) in [5.74, 6) is -0.147. The van der Waals surface area contributed by atoms with Crippen molar-refractivity contribution in [1.82, 2.24) is 14.5 Å². The van der Waals surface area contributed by atoms with Crippen LogP contribution in [0.25, 0.3) is 16.6 Å². The fraction of sp³-hybridized carbons (Fsp3) is 0.370. The molecule has 0 saturated carbocycles. The van der Waals surface area contributed by atoms with Crippen molar-refractivity contribution in [1.29, 1.82) is 0 Å². The van der Waals surface area contributed by atoms with E-state index < -0.39 is 20.7 Å². The predicted molar refractivity (Wildman–Crippen MR) is 137 cm³/mol. The van der Waals surface area contributed by atoms with E-state index in [1.807, 2.05) is 29.1 Å². The number of benzene rings is 2. The first-order chi connectivity index (χ1) is 16.1. The fourth-order valence-corrected chi connectivity index (χ4v) is 5.44. The lowest BCUT2D eigenvalue weighted by molar-refractivity contribution is 0.317. The van der Waals surface area contributed by atoms with E-state index in [2.05, 4.69) is 54.0 Å². The zero-order valence-electron chi connectivity index (χ0n) is 20.1. The topological polar surface area (TPSA) is 64.0 Å². The molecule has 1 aliphatic carbocycles. The van der Waals surface area contributed by atoms with Crippen molar-refractivity contribution in [2.24, 2.45) is 5.41 Å². The van der Waals surface area contributed by atoms with Gasteiger partial charge in [-0.15, -0.1) is 0 Å². The standard InChI is InChI=1S/C27H32FN3O2S/c1-19(2)34(32,33)30-18-27(3,4)26(20-8-6-5-7-9-20)21-10-15-25-22(16-21)17-29-31(25)24-13-11-23(28)12-14-24/h5-11,13,15-17,19,26,30H,12,14,18H2,1-4H3/t26-/m0/s1. The number of hydrogen-bond acceptors (Lipinski definition) is 3. The van der Waals surface area contributed by atoms with Gasteiger partial charge in [-0.05, 0) is 61.1 Å². The van der Waals surface area contributed by atoms with Gasteiger partial charge in [0.15, 0.2) is 0 Å². The zero-order chi connectivity index (χ0) is 24.5. The first kappa shape index (κ1) is 24.4. The minimum Gasteiger partial charge on any atom is -0.237 e. The summed E-state index contributed by atoms with van der Waals surface area (Å²) in [6, 6.07) is 16.5. The molecule has 0 aliphatic heterocycles. The molecule has 180 valence electrons. The van der Waals surface area contributed by atoms with Crippen LogP contribution in [0.5, 0.6) is 0 Å². The maximum absolute atomic E-state index is 13.5. The highest BCUT2D eigenvalue weighted by molar-refractivity contribution is 7.90. The van der Waals surface area contributed by atoms with Crippen LogP contribution < -0.4 is 4.72 Å². The molecule has 5 nitrogen and oxygen atoms in total. The number of fused-ring (bicyclic) bond motifs is 1. The van der Waals surface area contributed by atoms with Gasteiger partial charge in [0, 0.05) is 30.0 Å². The number of aromatic nitrogens is 2. The Balaban J connectivity index is 1.73. The van der Waals surface area contributed by atoms with Gasteiger partial charge in [-0.3, -0.25) is 0 Å². The normalized spacial score (nSPS) is 15.9. The van der Waals surface area contributed by atoms with E-state index in [4.69, 9.17) is 0 Å². The lowest BCUT2D eigenvalue weighted by Gasteiger charge is -2.36. The van der Waals surface area contributed by atoms with Crippen molar-refractivity contribution in [2.45, 2.75) is 51.7 Å². The van der Waals surface area contributed by atoms with E-state index in [9.17, 15) is 12.8 Å². The van der Waals surface area contributed by atoms with Crippen LogP contribution >= 0.6 is 0 Å². The molecule has 1 aromatic heterocycles. The summed E-state index contributed by atoms with van der Waals surface area (Å²) in [7, 11) is -3.38. The van der Waals surface area contributed by atoms with Crippen molar-refractivity contribution in [3.05, 3.63) is 83.8 Å². The third-order valence-electron chi connectivity index (χ3n) is 6.54. The number of rotatable bonds is 8.